The van der Waals surface area contributed by atoms with Crippen LogP contribution in [0.5, 0.6) is 5.75 Å². The Morgan fingerprint density at radius 3 is 2.43 bits per heavy atom. The van der Waals surface area contributed by atoms with Gasteiger partial charge in [-0.15, -0.1) is 0 Å². The lowest BCUT2D eigenvalue weighted by molar-refractivity contribution is -0.384. The Morgan fingerprint density at radius 1 is 1.17 bits per heavy atom. The molecule has 1 aliphatic heterocycles. The molecule has 0 spiro atoms. The summed E-state index contributed by atoms with van der Waals surface area (Å²) < 4.78 is 55.1. The molecule has 0 saturated carbocycles. The summed E-state index contributed by atoms with van der Waals surface area (Å²) in [7, 11) is -3.79. The van der Waals surface area contributed by atoms with E-state index in [1.807, 2.05) is 0 Å². The van der Waals surface area contributed by atoms with Crippen LogP contribution >= 0.6 is 0 Å². The van der Waals surface area contributed by atoms with Gasteiger partial charge in [-0.2, -0.15) is 18.2 Å². The van der Waals surface area contributed by atoms with Crippen molar-refractivity contribution >= 4 is 27.6 Å². The summed E-state index contributed by atoms with van der Waals surface area (Å²) in [5.41, 5.74) is 2.61. The Labute approximate surface area is 171 Å². The highest BCUT2D eigenvalue weighted by molar-refractivity contribution is 7.89. The smallest absolute Gasteiger partial charge is 0.387 e. The van der Waals surface area contributed by atoms with Crippen LogP contribution in [0.15, 0.2) is 52.5 Å². The maximum absolute atomic E-state index is 12.6. The third-order valence-corrected chi connectivity index (χ3v) is 6.27. The molecule has 0 radical (unpaired) electrons. The molecule has 160 valence electrons. The van der Waals surface area contributed by atoms with Gasteiger partial charge in [-0.1, -0.05) is 0 Å². The second-order valence-corrected chi connectivity index (χ2v) is 8.30. The zero-order valence-corrected chi connectivity index (χ0v) is 16.4. The van der Waals surface area contributed by atoms with Gasteiger partial charge < -0.3 is 4.74 Å². The molecular formula is C18H18F2N4O5S. The molecule has 9 nitrogen and oxygen atoms in total. The van der Waals surface area contributed by atoms with E-state index in [9.17, 15) is 27.3 Å². The summed E-state index contributed by atoms with van der Waals surface area (Å²) >= 11 is 0. The number of nitro groups is 1. The molecule has 1 saturated heterocycles. The first-order valence-corrected chi connectivity index (χ1v) is 10.3. The SMILES string of the molecule is O=[N+]([O-])c1cc(S(=O)(=O)N2CCCC2)ccc1N/N=C/c1ccc(OC(F)F)cc1. The average molecular weight is 440 g/mol. The highest BCUT2D eigenvalue weighted by Gasteiger charge is 2.29. The molecule has 0 unspecified atom stereocenters. The number of rotatable bonds is 8. The number of ether oxygens (including phenoxy) is 1. The van der Waals surface area contributed by atoms with Crippen molar-refractivity contribution in [2.24, 2.45) is 5.10 Å². The van der Waals surface area contributed by atoms with E-state index in [-0.39, 0.29) is 16.3 Å². The molecule has 30 heavy (non-hydrogen) atoms. The Kier molecular flexibility index (Phi) is 6.57. The van der Waals surface area contributed by atoms with Gasteiger partial charge in [0, 0.05) is 19.2 Å². The highest BCUT2D eigenvalue weighted by Crippen LogP contribution is 2.30. The summed E-state index contributed by atoms with van der Waals surface area (Å²) in [6.07, 6.45) is 2.83. The van der Waals surface area contributed by atoms with E-state index in [2.05, 4.69) is 15.3 Å². The molecule has 2 aromatic rings. The van der Waals surface area contributed by atoms with Gasteiger partial charge in [0.15, 0.2) is 0 Å². The predicted octanol–water partition coefficient (Wildman–Crippen LogP) is 3.43. The number of nitro benzene ring substituents is 1. The minimum absolute atomic E-state index is 0.00859. The predicted molar refractivity (Wildman–Crippen MR) is 105 cm³/mol. The molecule has 2 aromatic carbocycles. The minimum atomic E-state index is -3.79. The number of nitrogens with one attached hydrogen (secondary N) is 1. The van der Waals surface area contributed by atoms with Crippen molar-refractivity contribution in [3.8, 4) is 5.75 Å². The van der Waals surface area contributed by atoms with Crippen LogP contribution in [-0.4, -0.2) is 43.6 Å². The molecule has 1 fully saturated rings. The van der Waals surface area contributed by atoms with Gasteiger partial charge in [0.1, 0.15) is 11.4 Å². The Hall–Kier alpha value is -3.12. The van der Waals surface area contributed by atoms with E-state index in [1.54, 1.807) is 0 Å². The monoisotopic (exact) mass is 440 g/mol. The maximum atomic E-state index is 12.6. The Morgan fingerprint density at radius 2 is 1.83 bits per heavy atom. The number of sulfonamides is 1. The van der Waals surface area contributed by atoms with E-state index in [4.69, 9.17) is 0 Å². The van der Waals surface area contributed by atoms with Crippen molar-refractivity contribution in [3.63, 3.8) is 0 Å². The van der Waals surface area contributed by atoms with Crippen LogP contribution in [0.2, 0.25) is 0 Å². The molecule has 1 aliphatic rings. The van der Waals surface area contributed by atoms with E-state index < -0.39 is 27.2 Å². The van der Waals surface area contributed by atoms with E-state index >= 15 is 0 Å². The van der Waals surface area contributed by atoms with Gasteiger partial charge >= 0.3 is 6.61 Å². The number of nitrogens with zero attached hydrogens (tertiary/aromatic N) is 3. The molecule has 0 amide bonds. The molecule has 0 atom stereocenters. The molecule has 3 rings (SSSR count). The first-order chi connectivity index (χ1) is 14.3. The van der Waals surface area contributed by atoms with Crippen LogP contribution in [-0.2, 0) is 10.0 Å². The van der Waals surface area contributed by atoms with Gasteiger partial charge in [0.05, 0.1) is 16.0 Å². The van der Waals surface area contributed by atoms with Gasteiger partial charge in [-0.3, -0.25) is 15.5 Å². The zero-order chi connectivity index (χ0) is 21.7. The molecule has 0 aliphatic carbocycles. The van der Waals surface area contributed by atoms with Crippen LogP contribution in [0.4, 0.5) is 20.2 Å². The quantitative estimate of drug-likeness (QED) is 0.382. The van der Waals surface area contributed by atoms with Crippen molar-refractivity contribution < 1.29 is 26.9 Å². The summed E-state index contributed by atoms with van der Waals surface area (Å²) in [5, 5.41) is 15.3. The van der Waals surface area contributed by atoms with Gasteiger partial charge in [-0.25, -0.2) is 8.42 Å². The lowest BCUT2D eigenvalue weighted by Gasteiger charge is -2.15. The molecule has 12 heteroatoms. The van der Waals surface area contributed by atoms with Crippen LogP contribution < -0.4 is 10.2 Å². The summed E-state index contributed by atoms with van der Waals surface area (Å²) in [6.45, 7) is -2.15. The largest absolute Gasteiger partial charge is 0.435 e. The third kappa shape index (κ3) is 5.07. The van der Waals surface area contributed by atoms with Crippen molar-refractivity contribution in [1.29, 1.82) is 0 Å². The fourth-order valence-corrected chi connectivity index (χ4v) is 4.44. The fourth-order valence-electron chi connectivity index (χ4n) is 2.91. The van der Waals surface area contributed by atoms with Crippen molar-refractivity contribution in [3.05, 3.63) is 58.1 Å². The van der Waals surface area contributed by atoms with E-state index in [1.165, 1.54) is 46.9 Å². The van der Waals surface area contributed by atoms with Gasteiger partial charge in [0.2, 0.25) is 10.0 Å². The lowest BCUT2D eigenvalue weighted by Crippen LogP contribution is -2.27. The van der Waals surface area contributed by atoms with Crippen LogP contribution in [0, 0.1) is 10.1 Å². The standard InChI is InChI=1S/C18H18F2N4O5S/c19-18(20)29-14-5-3-13(4-6-14)12-21-22-16-8-7-15(11-17(16)24(25)26)30(27,28)23-9-1-2-10-23/h3-8,11-12,18,22H,1-2,9-10H2/b21-12+. The fraction of sp³-hybridized carbons (Fsp3) is 0.278. The topological polar surface area (TPSA) is 114 Å². The highest BCUT2D eigenvalue weighted by atomic mass is 32.2. The first-order valence-electron chi connectivity index (χ1n) is 8.90. The molecule has 1 N–H and O–H groups in total. The molecule has 1 heterocycles. The van der Waals surface area contributed by atoms with Crippen molar-refractivity contribution in [1.82, 2.24) is 4.31 Å². The van der Waals surface area contributed by atoms with E-state index in [0.717, 1.165) is 18.9 Å². The minimum Gasteiger partial charge on any atom is -0.435 e. The first kappa shape index (κ1) is 21.6. The van der Waals surface area contributed by atoms with Gasteiger partial charge in [0.25, 0.3) is 5.69 Å². The van der Waals surface area contributed by atoms with Crippen LogP contribution in [0.3, 0.4) is 0 Å². The van der Waals surface area contributed by atoms with Gasteiger partial charge in [-0.05, 0) is 54.8 Å². The molecular weight excluding hydrogens is 422 g/mol. The number of hydrogen-bond acceptors (Lipinski definition) is 7. The number of anilines is 1. The summed E-state index contributed by atoms with van der Waals surface area (Å²) in [5.74, 6) is -0.0134. The lowest BCUT2D eigenvalue weighted by atomic mass is 10.2. The second-order valence-electron chi connectivity index (χ2n) is 6.36. The maximum Gasteiger partial charge on any atom is 0.387 e. The van der Waals surface area contributed by atoms with Crippen molar-refractivity contribution in [2.45, 2.75) is 24.3 Å². The number of alkyl halides is 2. The molecule has 0 aromatic heterocycles. The summed E-state index contributed by atoms with van der Waals surface area (Å²) in [4.78, 5) is 10.6. The summed E-state index contributed by atoms with van der Waals surface area (Å²) in [6, 6.07) is 9.17. The van der Waals surface area contributed by atoms with Crippen LogP contribution in [0.1, 0.15) is 18.4 Å². The molecule has 0 bridgehead atoms. The Balaban J connectivity index is 1.76. The normalized spacial score (nSPS) is 15.0. The van der Waals surface area contributed by atoms with Crippen molar-refractivity contribution in [2.75, 3.05) is 18.5 Å². The third-order valence-electron chi connectivity index (χ3n) is 4.37. The van der Waals surface area contributed by atoms with E-state index in [0.29, 0.717) is 18.7 Å². The average Bonchev–Trinajstić information content (AvgIpc) is 3.24. The Bertz CT molecular complexity index is 1040. The number of hydrazone groups is 1. The van der Waals surface area contributed by atoms with Crippen LogP contribution in [0.25, 0.3) is 0 Å². The second kappa shape index (κ2) is 9.13. The number of benzene rings is 2. The number of hydrogen-bond donors (Lipinski definition) is 1. The number of halogens is 2. The zero-order valence-electron chi connectivity index (χ0n) is 15.6.